The first-order valence-corrected chi connectivity index (χ1v) is 9.44. The summed E-state index contributed by atoms with van der Waals surface area (Å²) in [6, 6.07) is 7.71. The molecule has 0 saturated carbocycles. The van der Waals surface area contributed by atoms with Crippen molar-refractivity contribution >= 4 is 45.5 Å². The summed E-state index contributed by atoms with van der Waals surface area (Å²) in [6.07, 6.45) is 3.97. The Hall–Kier alpha value is -2.74. The molecule has 1 saturated heterocycles. The topological polar surface area (TPSA) is 85.8 Å². The van der Waals surface area contributed by atoms with Gasteiger partial charge in [-0.25, -0.2) is 9.78 Å². The Bertz CT molecular complexity index is 835. The van der Waals surface area contributed by atoms with Gasteiger partial charge < -0.3 is 14.4 Å². The lowest BCUT2D eigenvalue weighted by Gasteiger charge is -2.30. The van der Waals surface area contributed by atoms with Crippen molar-refractivity contribution in [1.82, 2.24) is 9.88 Å². The van der Waals surface area contributed by atoms with Gasteiger partial charge in [0.1, 0.15) is 5.01 Å². The van der Waals surface area contributed by atoms with Crippen LogP contribution in [0.1, 0.15) is 17.8 Å². The Morgan fingerprint density at radius 2 is 2.00 bits per heavy atom. The molecule has 2 aromatic rings. The van der Waals surface area contributed by atoms with E-state index in [1.54, 1.807) is 11.0 Å². The lowest BCUT2D eigenvalue weighted by Crippen LogP contribution is -2.42. The molecule has 0 radical (unpaired) electrons. The van der Waals surface area contributed by atoms with Gasteiger partial charge in [0.25, 0.3) is 5.91 Å². The lowest BCUT2D eigenvalue weighted by molar-refractivity contribution is -0.151. The number of amides is 1. The highest BCUT2D eigenvalue weighted by molar-refractivity contribution is 7.19. The normalized spacial score (nSPS) is 15.2. The van der Waals surface area contributed by atoms with Crippen LogP contribution in [0.4, 0.5) is 0 Å². The molecule has 1 aromatic heterocycles. The molecule has 142 valence electrons. The second-order valence-electron chi connectivity index (χ2n) is 6.14. The molecule has 2 heterocycles. The van der Waals surface area contributed by atoms with Crippen molar-refractivity contribution < 1.29 is 23.9 Å². The Labute approximate surface area is 160 Å². The highest BCUT2D eigenvalue weighted by Crippen LogP contribution is 2.22. The number of fused-ring (bicyclic) bond motifs is 1. The van der Waals surface area contributed by atoms with Gasteiger partial charge in [-0.2, -0.15) is 0 Å². The smallest absolute Gasteiger partial charge is 0.331 e. The van der Waals surface area contributed by atoms with Crippen molar-refractivity contribution in [2.75, 3.05) is 26.8 Å². The summed E-state index contributed by atoms with van der Waals surface area (Å²) in [7, 11) is 1.36. The maximum absolute atomic E-state index is 12.1. The highest BCUT2D eigenvalue weighted by Gasteiger charge is 2.28. The van der Waals surface area contributed by atoms with Crippen molar-refractivity contribution in [1.29, 1.82) is 0 Å². The SMILES string of the molecule is COC(=O)C1CCN(C(=O)COC(=O)/C=C/c2nc3ccccc3s2)CC1. The molecule has 1 aliphatic heterocycles. The van der Waals surface area contributed by atoms with Gasteiger partial charge in [0.15, 0.2) is 6.61 Å². The fourth-order valence-corrected chi connectivity index (χ4v) is 3.77. The Kier molecular flexibility index (Phi) is 6.18. The van der Waals surface area contributed by atoms with Crippen LogP contribution in [0.3, 0.4) is 0 Å². The number of ether oxygens (including phenoxy) is 2. The lowest BCUT2D eigenvalue weighted by atomic mass is 9.97. The summed E-state index contributed by atoms with van der Waals surface area (Å²) in [5.41, 5.74) is 0.876. The van der Waals surface area contributed by atoms with E-state index in [0.717, 1.165) is 10.2 Å². The van der Waals surface area contributed by atoms with Gasteiger partial charge in [-0.1, -0.05) is 12.1 Å². The summed E-state index contributed by atoms with van der Waals surface area (Å²) in [4.78, 5) is 41.5. The predicted molar refractivity (Wildman–Crippen MR) is 101 cm³/mol. The van der Waals surface area contributed by atoms with E-state index in [1.807, 2.05) is 24.3 Å². The average Bonchev–Trinajstić information content (AvgIpc) is 3.13. The maximum Gasteiger partial charge on any atom is 0.331 e. The number of hydrogen-bond donors (Lipinski definition) is 0. The van der Waals surface area contributed by atoms with Crippen LogP contribution in [-0.4, -0.2) is 54.5 Å². The summed E-state index contributed by atoms with van der Waals surface area (Å²) >= 11 is 1.47. The molecular weight excluding hydrogens is 368 g/mol. The molecule has 1 aromatic carbocycles. The fraction of sp³-hybridized carbons (Fsp3) is 0.368. The molecule has 0 N–H and O–H groups in total. The van der Waals surface area contributed by atoms with E-state index in [-0.39, 0.29) is 24.4 Å². The number of carbonyl (C=O) groups excluding carboxylic acids is 3. The maximum atomic E-state index is 12.1. The van der Waals surface area contributed by atoms with Gasteiger partial charge in [0.05, 0.1) is 23.2 Å². The van der Waals surface area contributed by atoms with E-state index in [4.69, 9.17) is 9.47 Å². The van der Waals surface area contributed by atoms with Crippen molar-refractivity contribution in [3.8, 4) is 0 Å². The quantitative estimate of drug-likeness (QED) is 0.577. The molecule has 0 aliphatic carbocycles. The van der Waals surface area contributed by atoms with Crippen molar-refractivity contribution in [3.05, 3.63) is 35.3 Å². The predicted octanol–water partition coefficient (Wildman–Crippen LogP) is 2.26. The van der Waals surface area contributed by atoms with Crippen molar-refractivity contribution in [3.63, 3.8) is 0 Å². The minimum atomic E-state index is -0.591. The van der Waals surface area contributed by atoms with E-state index in [9.17, 15) is 14.4 Å². The number of esters is 2. The van der Waals surface area contributed by atoms with Gasteiger partial charge in [0, 0.05) is 19.2 Å². The number of methoxy groups -OCH3 is 1. The number of thiazole rings is 1. The average molecular weight is 388 g/mol. The number of piperidine rings is 1. The van der Waals surface area contributed by atoms with E-state index >= 15 is 0 Å². The zero-order chi connectivity index (χ0) is 19.2. The summed E-state index contributed by atoms with van der Waals surface area (Å²) in [5.74, 6) is -1.26. The van der Waals surface area contributed by atoms with E-state index in [2.05, 4.69) is 4.98 Å². The van der Waals surface area contributed by atoms with E-state index in [1.165, 1.54) is 24.5 Å². The monoisotopic (exact) mass is 388 g/mol. The number of carbonyl (C=O) groups is 3. The zero-order valence-corrected chi connectivity index (χ0v) is 15.7. The standard InChI is InChI=1S/C19H20N2O5S/c1-25-19(24)13-8-10-21(11-9-13)17(22)12-26-18(23)7-6-16-20-14-4-2-3-5-15(14)27-16/h2-7,13H,8-12H2,1H3/b7-6+. The fourth-order valence-electron chi connectivity index (χ4n) is 2.90. The molecule has 0 unspecified atom stereocenters. The Balaban J connectivity index is 1.45. The minimum absolute atomic E-state index is 0.168. The van der Waals surface area contributed by atoms with Crippen LogP contribution in [0.2, 0.25) is 0 Å². The second kappa shape index (κ2) is 8.77. The number of nitrogens with zero attached hydrogens (tertiary/aromatic N) is 2. The third-order valence-electron chi connectivity index (χ3n) is 4.39. The molecule has 3 rings (SSSR count). The van der Waals surface area contributed by atoms with Crippen LogP contribution >= 0.6 is 11.3 Å². The Morgan fingerprint density at radius 1 is 1.26 bits per heavy atom. The van der Waals surface area contributed by atoms with Gasteiger partial charge in [-0.05, 0) is 31.1 Å². The molecule has 1 fully saturated rings. The molecule has 1 amide bonds. The Morgan fingerprint density at radius 3 is 2.70 bits per heavy atom. The van der Waals surface area contributed by atoms with Gasteiger partial charge in [0.2, 0.25) is 0 Å². The van der Waals surface area contributed by atoms with Crippen LogP contribution in [-0.2, 0) is 23.9 Å². The second-order valence-corrected chi connectivity index (χ2v) is 7.20. The number of rotatable bonds is 5. The van der Waals surface area contributed by atoms with Gasteiger partial charge in [-0.15, -0.1) is 11.3 Å². The summed E-state index contributed by atoms with van der Waals surface area (Å²) in [5, 5.41) is 0.698. The molecule has 8 heteroatoms. The van der Waals surface area contributed by atoms with Crippen LogP contribution in [0.15, 0.2) is 30.3 Å². The largest absolute Gasteiger partial charge is 0.469 e. The third-order valence-corrected chi connectivity index (χ3v) is 5.39. The summed E-state index contributed by atoms with van der Waals surface area (Å²) in [6.45, 7) is 0.599. The molecular formula is C19H20N2O5S. The van der Waals surface area contributed by atoms with Crippen LogP contribution in [0.25, 0.3) is 16.3 Å². The number of hydrogen-bond acceptors (Lipinski definition) is 7. The van der Waals surface area contributed by atoms with Gasteiger partial charge >= 0.3 is 11.9 Å². The van der Waals surface area contributed by atoms with E-state index in [0.29, 0.717) is 30.9 Å². The third kappa shape index (κ3) is 4.91. The molecule has 7 nitrogen and oxygen atoms in total. The first-order valence-electron chi connectivity index (χ1n) is 8.63. The van der Waals surface area contributed by atoms with Crippen molar-refractivity contribution in [2.24, 2.45) is 5.92 Å². The molecule has 0 spiro atoms. The van der Waals surface area contributed by atoms with E-state index < -0.39 is 5.97 Å². The minimum Gasteiger partial charge on any atom is -0.469 e. The highest BCUT2D eigenvalue weighted by atomic mass is 32.1. The van der Waals surface area contributed by atoms with Crippen LogP contribution in [0.5, 0.6) is 0 Å². The zero-order valence-electron chi connectivity index (χ0n) is 14.9. The number of aromatic nitrogens is 1. The number of benzene rings is 1. The first-order chi connectivity index (χ1) is 13.1. The molecule has 27 heavy (non-hydrogen) atoms. The van der Waals surface area contributed by atoms with Crippen LogP contribution in [0, 0.1) is 5.92 Å². The first kappa shape index (κ1) is 19.0. The van der Waals surface area contributed by atoms with Gasteiger partial charge in [-0.3, -0.25) is 9.59 Å². The van der Waals surface area contributed by atoms with Crippen molar-refractivity contribution in [2.45, 2.75) is 12.8 Å². The number of para-hydroxylation sites is 1. The molecule has 0 bridgehead atoms. The summed E-state index contributed by atoms with van der Waals surface area (Å²) < 4.78 is 10.8. The van der Waals surface area contributed by atoms with Crippen LogP contribution < -0.4 is 0 Å². The number of likely N-dealkylation sites (tertiary alicyclic amines) is 1. The molecule has 0 atom stereocenters. The molecule has 1 aliphatic rings.